The summed E-state index contributed by atoms with van der Waals surface area (Å²) in [4.78, 5) is 24.7. The van der Waals surface area contributed by atoms with Crippen LogP contribution in [0.4, 0.5) is 0 Å². The molecule has 0 N–H and O–H groups in total. The van der Waals surface area contributed by atoms with E-state index in [4.69, 9.17) is 9.47 Å². The van der Waals surface area contributed by atoms with Crippen molar-refractivity contribution in [1.82, 2.24) is 0 Å². The molecule has 0 aromatic rings. The van der Waals surface area contributed by atoms with Crippen molar-refractivity contribution in [1.29, 1.82) is 0 Å². The van der Waals surface area contributed by atoms with Gasteiger partial charge >= 0.3 is 5.97 Å². The average molecular weight is 270 g/mol. The van der Waals surface area contributed by atoms with Crippen LogP contribution in [0.1, 0.15) is 53.4 Å². The van der Waals surface area contributed by atoms with Crippen molar-refractivity contribution in [3.8, 4) is 0 Å². The molecule has 0 heterocycles. The zero-order valence-electron chi connectivity index (χ0n) is 12.7. The predicted octanol–water partition coefficient (Wildman–Crippen LogP) is 2.74. The molecule has 0 bridgehead atoms. The Labute approximate surface area is 115 Å². The summed E-state index contributed by atoms with van der Waals surface area (Å²) in [5.74, 6) is 0.00433. The number of methoxy groups -OCH3 is 1. The molecule has 4 heteroatoms. The van der Waals surface area contributed by atoms with Gasteiger partial charge in [0.25, 0.3) is 0 Å². The van der Waals surface area contributed by atoms with Crippen molar-refractivity contribution >= 4 is 11.8 Å². The lowest BCUT2D eigenvalue weighted by Gasteiger charge is -2.40. The number of ketones is 1. The number of rotatable bonds is 5. The zero-order chi connectivity index (χ0) is 14.7. The fourth-order valence-electron chi connectivity index (χ4n) is 2.73. The Balaban J connectivity index is 2.92. The lowest BCUT2D eigenvalue weighted by Crippen LogP contribution is -2.52. The van der Waals surface area contributed by atoms with Crippen molar-refractivity contribution in [2.45, 2.75) is 59.0 Å². The summed E-state index contributed by atoms with van der Waals surface area (Å²) in [7, 11) is 1.56. The molecule has 0 atom stereocenters. The molecule has 1 fully saturated rings. The number of carbonyl (C=O) groups excluding carboxylic acids is 2. The van der Waals surface area contributed by atoms with E-state index in [2.05, 4.69) is 6.92 Å². The fourth-order valence-corrected chi connectivity index (χ4v) is 2.73. The summed E-state index contributed by atoms with van der Waals surface area (Å²) in [5.41, 5.74) is -1.96. The number of Topliss-reactive ketones (excluding diaryl/α,β-unsaturated/α-hetero) is 1. The Bertz CT molecular complexity index is 338. The van der Waals surface area contributed by atoms with Gasteiger partial charge in [0, 0.05) is 7.11 Å². The van der Waals surface area contributed by atoms with Gasteiger partial charge in [-0.15, -0.1) is 0 Å². The fraction of sp³-hybridized carbons (Fsp3) is 0.867. The summed E-state index contributed by atoms with van der Waals surface area (Å²) in [6, 6.07) is 0. The largest absolute Gasteiger partial charge is 0.465 e. The van der Waals surface area contributed by atoms with Crippen LogP contribution in [-0.2, 0) is 19.1 Å². The van der Waals surface area contributed by atoms with E-state index in [0.717, 1.165) is 12.8 Å². The van der Waals surface area contributed by atoms with Gasteiger partial charge in [0.15, 0.2) is 5.78 Å². The van der Waals surface area contributed by atoms with E-state index in [1.165, 1.54) is 0 Å². The summed E-state index contributed by atoms with van der Waals surface area (Å²) in [6.07, 6.45) is 3.29. The van der Waals surface area contributed by atoms with Crippen molar-refractivity contribution in [2.24, 2.45) is 11.3 Å². The molecule has 110 valence electrons. The molecule has 0 aliphatic heterocycles. The van der Waals surface area contributed by atoms with Crippen LogP contribution in [0.5, 0.6) is 0 Å². The monoisotopic (exact) mass is 270 g/mol. The second-order valence-corrected chi connectivity index (χ2v) is 6.06. The lowest BCUT2D eigenvalue weighted by molar-refractivity contribution is -0.169. The molecule has 0 radical (unpaired) electrons. The molecule has 1 aliphatic rings. The summed E-state index contributed by atoms with van der Waals surface area (Å²) in [5, 5.41) is 0. The quantitative estimate of drug-likeness (QED) is 0.569. The Hall–Kier alpha value is -0.900. The van der Waals surface area contributed by atoms with E-state index in [1.807, 2.05) is 0 Å². The van der Waals surface area contributed by atoms with E-state index in [1.54, 1.807) is 27.9 Å². The second-order valence-electron chi connectivity index (χ2n) is 6.06. The van der Waals surface area contributed by atoms with Gasteiger partial charge in [0.1, 0.15) is 11.0 Å². The first-order valence-electron chi connectivity index (χ1n) is 7.07. The van der Waals surface area contributed by atoms with Gasteiger partial charge in [-0.05, 0) is 52.4 Å². The Morgan fingerprint density at radius 2 is 1.79 bits per heavy atom. The molecule has 1 rings (SSSR count). The SMILES string of the molecule is CCOC(=O)C(C)(C)C(=O)C1(OC)CCC(C)CC1. The molecular formula is C15H26O4. The number of esters is 1. The minimum Gasteiger partial charge on any atom is -0.465 e. The minimum atomic E-state index is -1.15. The highest BCUT2D eigenvalue weighted by Crippen LogP contribution is 2.40. The molecule has 0 amide bonds. The highest BCUT2D eigenvalue weighted by molar-refractivity contribution is 6.07. The van der Waals surface area contributed by atoms with E-state index < -0.39 is 17.0 Å². The summed E-state index contributed by atoms with van der Waals surface area (Å²) >= 11 is 0. The lowest BCUT2D eigenvalue weighted by atomic mass is 9.70. The molecule has 0 spiro atoms. The second kappa shape index (κ2) is 6.04. The number of hydrogen-bond acceptors (Lipinski definition) is 4. The van der Waals surface area contributed by atoms with Gasteiger partial charge in [0.2, 0.25) is 0 Å². The molecule has 4 nitrogen and oxygen atoms in total. The maximum atomic E-state index is 12.8. The van der Waals surface area contributed by atoms with Gasteiger partial charge in [-0.3, -0.25) is 9.59 Å². The van der Waals surface area contributed by atoms with Crippen molar-refractivity contribution in [3.63, 3.8) is 0 Å². The Morgan fingerprint density at radius 3 is 2.21 bits per heavy atom. The molecule has 0 aromatic carbocycles. The number of hydrogen-bond donors (Lipinski definition) is 0. The van der Waals surface area contributed by atoms with Gasteiger partial charge < -0.3 is 9.47 Å². The maximum absolute atomic E-state index is 12.8. The smallest absolute Gasteiger partial charge is 0.319 e. The highest BCUT2D eigenvalue weighted by atomic mass is 16.5. The minimum absolute atomic E-state index is 0.146. The molecule has 1 aliphatic carbocycles. The van der Waals surface area contributed by atoms with Crippen LogP contribution >= 0.6 is 0 Å². The van der Waals surface area contributed by atoms with Crippen LogP contribution in [0, 0.1) is 11.3 Å². The van der Waals surface area contributed by atoms with Crippen LogP contribution in [0.3, 0.4) is 0 Å². The van der Waals surface area contributed by atoms with Crippen molar-refractivity contribution in [3.05, 3.63) is 0 Å². The van der Waals surface area contributed by atoms with Gasteiger partial charge in [-0.25, -0.2) is 0 Å². The Morgan fingerprint density at radius 1 is 1.26 bits per heavy atom. The highest BCUT2D eigenvalue weighted by Gasteiger charge is 2.51. The van der Waals surface area contributed by atoms with Crippen LogP contribution in [0.2, 0.25) is 0 Å². The van der Waals surface area contributed by atoms with Gasteiger partial charge in [-0.2, -0.15) is 0 Å². The molecule has 0 saturated heterocycles. The third-order valence-corrected chi connectivity index (χ3v) is 4.24. The zero-order valence-corrected chi connectivity index (χ0v) is 12.7. The first-order valence-corrected chi connectivity index (χ1v) is 7.07. The van der Waals surface area contributed by atoms with Gasteiger partial charge in [0.05, 0.1) is 6.61 Å². The van der Waals surface area contributed by atoms with E-state index in [-0.39, 0.29) is 12.4 Å². The average Bonchev–Trinajstić information content (AvgIpc) is 2.39. The van der Waals surface area contributed by atoms with E-state index in [9.17, 15) is 9.59 Å². The first kappa shape index (κ1) is 16.2. The Kier molecular flexibility index (Phi) is 5.13. The normalized spacial score (nSPS) is 27.9. The van der Waals surface area contributed by atoms with Gasteiger partial charge in [-0.1, -0.05) is 6.92 Å². The number of carbonyl (C=O) groups is 2. The van der Waals surface area contributed by atoms with Crippen LogP contribution in [-0.4, -0.2) is 31.1 Å². The van der Waals surface area contributed by atoms with E-state index in [0.29, 0.717) is 18.8 Å². The topological polar surface area (TPSA) is 52.6 Å². The number of ether oxygens (including phenoxy) is 2. The van der Waals surface area contributed by atoms with Crippen molar-refractivity contribution < 1.29 is 19.1 Å². The van der Waals surface area contributed by atoms with Crippen LogP contribution in [0.15, 0.2) is 0 Å². The first-order chi connectivity index (χ1) is 8.80. The third-order valence-electron chi connectivity index (χ3n) is 4.24. The molecule has 19 heavy (non-hydrogen) atoms. The van der Waals surface area contributed by atoms with E-state index >= 15 is 0 Å². The van der Waals surface area contributed by atoms with Crippen LogP contribution in [0.25, 0.3) is 0 Å². The summed E-state index contributed by atoms with van der Waals surface area (Å²) in [6.45, 7) is 7.47. The predicted molar refractivity (Wildman–Crippen MR) is 72.8 cm³/mol. The summed E-state index contributed by atoms with van der Waals surface area (Å²) < 4.78 is 10.6. The molecular weight excluding hydrogens is 244 g/mol. The molecule has 1 saturated carbocycles. The molecule has 0 aromatic heterocycles. The molecule has 0 unspecified atom stereocenters. The standard InChI is InChI=1S/C15H26O4/c1-6-19-13(17)14(3,4)12(16)15(18-5)9-7-11(2)8-10-15/h11H,6-10H2,1-5H3. The van der Waals surface area contributed by atoms with Crippen molar-refractivity contribution in [2.75, 3.05) is 13.7 Å². The third kappa shape index (κ3) is 3.16. The maximum Gasteiger partial charge on any atom is 0.319 e. The van der Waals surface area contributed by atoms with Crippen LogP contribution < -0.4 is 0 Å².